The van der Waals surface area contributed by atoms with Crippen LogP contribution in [0.4, 0.5) is 0 Å². The average molecular weight is 525 g/mol. The van der Waals surface area contributed by atoms with E-state index in [2.05, 4.69) is 42.4 Å². The molecule has 37 heavy (non-hydrogen) atoms. The molecule has 0 heterocycles. The van der Waals surface area contributed by atoms with Gasteiger partial charge in [-0.05, 0) is 19.8 Å². The number of carbonyl (C=O) groups excluding carboxylic acids is 5. The van der Waals surface area contributed by atoms with Crippen LogP contribution in [-0.2, 0) is 47.7 Å². The quantitative estimate of drug-likeness (QED) is 0.135. The zero-order valence-electron chi connectivity index (χ0n) is 22.4. The van der Waals surface area contributed by atoms with E-state index < -0.39 is 23.3 Å². The first-order chi connectivity index (χ1) is 17.4. The Kier molecular flexibility index (Phi) is 24.2. The van der Waals surface area contributed by atoms with E-state index in [1.165, 1.54) is 13.2 Å². The number of esters is 5. The highest BCUT2D eigenvalue weighted by molar-refractivity contribution is 5.86. The monoisotopic (exact) mass is 524 g/mol. The van der Waals surface area contributed by atoms with E-state index in [4.69, 9.17) is 14.2 Å². The van der Waals surface area contributed by atoms with Gasteiger partial charge in [-0.3, -0.25) is 0 Å². The largest absolute Gasteiger partial charge is 0.466 e. The van der Waals surface area contributed by atoms with Gasteiger partial charge in [-0.25, -0.2) is 24.0 Å². The predicted octanol–water partition coefficient (Wildman–Crippen LogP) is 3.82. The van der Waals surface area contributed by atoms with Crippen molar-refractivity contribution in [2.75, 3.05) is 33.5 Å². The van der Waals surface area contributed by atoms with Crippen LogP contribution in [0.5, 0.6) is 0 Å². The molecule has 10 heteroatoms. The molecule has 0 aromatic carbocycles. The molecule has 0 aliphatic rings. The first-order valence-electron chi connectivity index (χ1n) is 11.3. The fourth-order valence-corrected chi connectivity index (χ4v) is 1.83. The first-order valence-corrected chi connectivity index (χ1v) is 11.3. The van der Waals surface area contributed by atoms with E-state index in [0.717, 1.165) is 31.1 Å². The Labute approximate surface area is 219 Å². The Morgan fingerprint density at radius 1 is 0.703 bits per heavy atom. The molecule has 10 nitrogen and oxygen atoms in total. The highest BCUT2D eigenvalue weighted by Gasteiger charge is 2.33. The van der Waals surface area contributed by atoms with Crippen LogP contribution in [0.3, 0.4) is 0 Å². The Bertz CT molecular complexity index is 735. The van der Waals surface area contributed by atoms with Crippen molar-refractivity contribution in [1.29, 1.82) is 0 Å². The second-order valence-electron chi connectivity index (χ2n) is 7.29. The molecule has 0 radical (unpaired) electrons. The summed E-state index contributed by atoms with van der Waals surface area (Å²) < 4.78 is 23.9. The van der Waals surface area contributed by atoms with E-state index in [0.29, 0.717) is 18.6 Å². The zero-order valence-corrected chi connectivity index (χ0v) is 22.4. The fraction of sp³-hybridized carbons (Fsp3) is 0.444. The lowest BCUT2D eigenvalue weighted by Gasteiger charge is -2.30. The Morgan fingerprint density at radius 2 is 1.05 bits per heavy atom. The topological polar surface area (TPSA) is 132 Å². The van der Waals surface area contributed by atoms with Gasteiger partial charge in [0.15, 0.2) is 0 Å². The molecule has 0 bridgehead atoms. The summed E-state index contributed by atoms with van der Waals surface area (Å²) in [5.41, 5.74) is -0.404. The van der Waals surface area contributed by atoms with Crippen LogP contribution in [-0.4, -0.2) is 63.4 Å². The Morgan fingerprint density at radius 3 is 1.27 bits per heavy atom. The molecule has 0 unspecified atom stereocenters. The third kappa shape index (κ3) is 22.3. The van der Waals surface area contributed by atoms with Gasteiger partial charge in [-0.15, -0.1) is 0 Å². The van der Waals surface area contributed by atoms with Crippen LogP contribution in [0.15, 0.2) is 62.8 Å². The molecule has 0 spiro atoms. The first kappa shape index (κ1) is 37.6. The molecular formula is C27H40O10. The highest BCUT2D eigenvalue weighted by Crippen LogP contribution is 2.24. The van der Waals surface area contributed by atoms with E-state index in [1.54, 1.807) is 13.8 Å². The fourth-order valence-electron chi connectivity index (χ4n) is 1.83. The van der Waals surface area contributed by atoms with Gasteiger partial charge in [0.2, 0.25) is 0 Å². The summed E-state index contributed by atoms with van der Waals surface area (Å²) in [7, 11) is 1.33. The van der Waals surface area contributed by atoms with Gasteiger partial charge in [-0.1, -0.05) is 53.2 Å². The minimum absolute atomic E-state index is 0.0802. The third-order valence-electron chi connectivity index (χ3n) is 4.25. The van der Waals surface area contributed by atoms with Crippen molar-refractivity contribution in [3.8, 4) is 0 Å². The molecule has 0 aromatic heterocycles. The summed E-state index contributed by atoms with van der Waals surface area (Å²) in [6.07, 6.45) is 6.66. The van der Waals surface area contributed by atoms with Gasteiger partial charge >= 0.3 is 29.8 Å². The summed E-state index contributed by atoms with van der Waals surface area (Å²) in [4.78, 5) is 54.1. The maximum atomic E-state index is 11.2. The zero-order chi connectivity index (χ0) is 29.3. The molecule has 0 aliphatic heterocycles. The molecule has 208 valence electrons. The number of methoxy groups -OCH3 is 1. The summed E-state index contributed by atoms with van der Waals surface area (Å²) in [6.45, 7) is 22.2. The van der Waals surface area contributed by atoms with Crippen LogP contribution < -0.4 is 0 Å². The molecule has 0 rings (SSSR count). The van der Waals surface area contributed by atoms with E-state index in [1.807, 2.05) is 6.92 Å². The molecule has 0 atom stereocenters. The summed E-state index contributed by atoms with van der Waals surface area (Å²) in [6, 6.07) is 0. The van der Waals surface area contributed by atoms with Gasteiger partial charge < -0.3 is 23.7 Å². The number of hydrogen-bond acceptors (Lipinski definition) is 10. The Hall–Kier alpha value is -3.95. The van der Waals surface area contributed by atoms with Crippen LogP contribution in [0.1, 0.15) is 40.0 Å². The van der Waals surface area contributed by atoms with E-state index in [-0.39, 0.29) is 31.8 Å². The minimum Gasteiger partial charge on any atom is -0.466 e. The van der Waals surface area contributed by atoms with Gasteiger partial charge in [0.1, 0.15) is 19.8 Å². The van der Waals surface area contributed by atoms with Crippen molar-refractivity contribution in [1.82, 2.24) is 0 Å². The average Bonchev–Trinajstić information content (AvgIpc) is 2.92. The van der Waals surface area contributed by atoms with Gasteiger partial charge in [-0.2, -0.15) is 0 Å². The molecule has 0 N–H and O–H groups in total. The van der Waals surface area contributed by atoms with Crippen molar-refractivity contribution in [2.45, 2.75) is 40.0 Å². The van der Waals surface area contributed by atoms with Crippen molar-refractivity contribution in [3.05, 3.63) is 62.8 Å². The molecular weight excluding hydrogens is 484 g/mol. The van der Waals surface area contributed by atoms with Crippen LogP contribution in [0.2, 0.25) is 0 Å². The SMILES string of the molecule is C=C(C)C(=O)OC.C=CC(=O)OCC(CC)(COC(=O)C=C)COC(=O)C=C.C=CC(=O)OCCCC. The summed E-state index contributed by atoms with van der Waals surface area (Å²) >= 11 is 0. The molecule has 0 aromatic rings. The number of rotatable bonds is 15. The molecule has 0 amide bonds. The number of carbonyl (C=O) groups is 5. The lowest BCUT2D eigenvalue weighted by molar-refractivity contribution is -0.156. The van der Waals surface area contributed by atoms with E-state index in [9.17, 15) is 24.0 Å². The Balaban J connectivity index is -0.000000590. The smallest absolute Gasteiger partial charge is 0.332 e. The molecule has 0 fully saturated rings. The van der Waals surface area contributed by atoms with Crippen LogP contribution in [0.25, 0.3) is 0 Å². The normalized spacial score (nSPS) is 9.30. The maximum Gasteiger partial charge on any atom is 0.332 e. The standard InChI is InChI=1S/C15H20O6.C7H12O2.C5H8O2/c1-5-12(16)19-9-15(8-4,10-20-13(17)6-2)11-21-14(18)7-3;1-3-5-6-9-7(8)4-2;1-4(2)5(6)7-3/h5-7H,1-3,8-11H2,4H3;4H,2-3,5-6H2,1H3;1H2,2-3H3. The number of ether oxygens (including phenoxy) is 5. The number of hydrogen-bond donors (Lipinski definition) is 0. The third-order valence-corrected chi connectivity index (χ3v) is 4.25. The molecule has 0 saturated heterocycles. The van der Waals surface area contributed by atoms with Gasteiger partial charge in [0.25, 0.3) is 0 Å². The van der Waals surface area contributed by atoms with Crippen molar-refractivity contribution in [3.63, 3.8) is 0 Å². The second kappa shape index (κ2) is 23.8. The predicted molar refractivity (Wildman–Crippen MR) is 139 cm³/mol. The van der Waals surface area contributed by atoms with Crippen LogP contribution in [0, 0.1) is 5.41 Å². The van der Waals surface area contributed by atoms with E-state index >= 15 is 0 Å². The minimum atomic E-state index is -0.837. The van der Waals surface area contributed by atoms with Crippen molar-refractivity contribution >= 4 is 29.8 Å². The van der Waals surface area contributed by atoms with Crippen LogP contribution >= 0.6 is 0 Å². The lowest BCUT2D eigenvalue weighted by Crippen LogP contribution is -2.38. The molecule has 0 aliphatic carbocycles. The lowest BCUT2D eigenvalue weighted by atomic mass is 9.88. The van der Waals surface area contributed by atoms with Crippen molar-refractivity contribution < 1.29 is 47.7 Å². The molecule has 0 saturated carbocycles. The highest BCUT2D eigenvalue weighted by atomic mass is 16.6. The van der Waals surface area contributed by atoms with Crippen molar-refractivity contribution in [2.24, 2.45) is 5.41 Å². The maximum absolute atomic E-state index is 11.2. The van der Waals surface area contributed by atoms with Gasteiger partial charge in [0, 0.05) is 29.9 Å². The second-order valence-corrected chi connectivity index (χ2v) is 7.29. The number of unbranched alkanes of at least 4 members (excludes halogenated alkanes) is 1. The summed E-state index contributed by atoms with van der Waals surface area (Å²) in [5, 5.41) is 0. The summed E-state index contributed by atoms with van der Waals surface area (Å²) in [5.74, 6) is -2.52. The van der Waals surface area contributed by atoms with Gasteiger partial charge in [0.05, 0.1) is 19.1 Å².